The van der Waals surface area contributed by atoms with Gasteiger partial charge in [0.1, 0.15) is 0 Å². The first-order chi connectivity index (χ1) is 2.91. The lowest BCUT2D eigenvalue weighted by Gasteiger charge is -1.78. The fourth-order valence-electron chi connectivity index (χ4n) is 0.111. The Balaban J connectivity index is 2.85. The fourth-order valence-corrected chi connectivity index (χ4v) is 0.111. The molecule has 0 amide bonds. The van der Waals surface area contributed by atoms with Crippen LogP contribution in [-0.4, -0.2) is 5.11 Å². The predicted molar refractivity (Wildman–Crippen MR) is 25.1 cm³/mol. The Kier molecular flexibility index (Phi) is 3.45. The molecule has 2 heteroatoms. The minimum Gasteiger partial charge on any atom is -0.514 e. The molecule has 0 aromatic rings. The molecule has 0 spiro atoms. The number of hydrogen-bond donors (Lipinski definition) is 2. The Bertz CT molecular complexity index is 58.6. The Hall–Kier alpha value is -0.920. The molecule has 0 aliphatic heterocycles. The molecule has 6 heavy (non-hydrogen) atoms. The maximum atomic E-state index is 7.91. The van der Waals surface area contributed by atoms with Gasteiger partial charge in [0.15, 0.2) is 0 Å². The molecule has 0 aliphatic rings. The van der Waals surface area contributed by atoms with E-state index in [2.05, 4.69) is 11.9 Å². The van der Waals surface area contributed by atoms with E-state index >= 15 is 0 Å². The van der Waals surface area contributed by atoms with Crippen LogP contribution in [0.3, 0.4) is 0 Å². The summed E-state index contributed by atoms with van der Waals surface area (Å²) in [6, 6.07) is 0. The third-order valence-electron chi connectivity index (χ3n) is 0.289. The molecule has 2 nitrogen and oxygen atoms in total. The molecule has 0 rings (SSSR count). The van der Waals surface area contributed by atoms with Gasteiger partial charge >= 0.3 is 0 Å². The third-order valence-corrected chi connectivity index (χ3v) is 0.289. The summed E-state index contributed by atoms with van der Waals surface area (Å²) in [7, 11) is 0. The zero-order chi connectivity index (χ0) is 4.83. The summed E-state index contributed by atoms with van der Waals surface area (Å²) in [6.07, 6.45) is 3.74. The first-order valence-electron chi connectivity index (χ1n) is 1.58. The number of rotatable bonds is 2. The van der Waals surface area contributed by atoms with Crippen LogP contribution in [0, 0.1) is 0 Å². The van der Waals surface area contributed by atoms with Gasteiger partial charge in [-0.1, -0.05) is 6.58 Å². The lowest BCUT2D eigenvalue weighted by atomic mass is 10.9. The highest BCUT2D eigenvalue weighted by Gasteiger charge is 1.52. The van der Waals surface area contributed by atoms with Crippen LogP contribution >= 0.6 is 0 Å². The van der Waals surface area contributed by atoms with Gasteiger partial charge < -0.3 is 10.4 Å². The van der Waals surface area contributed by atoms with Gasteiger partial charge in [-0.15, -0.1) is 0 Å². The van der Waals surface area contributed by atoms with E-state index < -0.39 is 0 Å². The molecule has 2 N–H and O–H groups in total. The molecule has 0 bridgehead atoms. The van der Waals surface area contributed by atoms with Crippen molar-refractivity contribution in [1.29, 1.82) is 0 Å². The number of aliphatic hydroxyl groups is 1. The average molecular weight is 85.1 g/mol. The topological polar surface area (TPSA) is 32.3 Å². The smallest absolute Gasteiger partial charge is 0.0951 e. The van der Waals surface area contributed by atoms with E-state index in [9.17, 15) is 0 Å². The van der Waals surface area contributed by atoms with Crippen LogP contribution in [0.1, 0.15) is 0 Å². The molecule has 0 atom stereocenters. The van der Waals surface area contributed by atoms with E-state index in [1.807, 2.05) is 0 Å². The third kappa shape index (κ3) is 3.08. The summed E-state index contributed by atoms with van der Waals surface area (Å²) < 4.78 is 0. The van der Waals surface area contributed by atoms with Crippen LogP contribution in [0.25, 0.3) is 0 Å². The van der Waals surface area contributed by atoms with Gasteiger partial charge in [-0.3, -0.25) is 0 Å². The lowest BCUT2D eigenvalue weighted by molar-refractivity contribution is 0.470. The van der Waals surface area contributed by atoms with Crippen molar-refractivity contribution in [2.75, 3.05) is 0 Å². The van der Waals surface area contributed by atoms with Crippen molar-refractivity contribution in [3.05, 3.63) is 25.2 Å². The lowest BCUT2D eigenvalue weighted by Crippen LogP contribution is -1.87. The molecule has 0 radical (unpaired) electrons. The maximum absolute atomic E-state index is 7.91. The molecular formula is C4H7NO. The molecule has 0 saturated heterocycles. The summed E-state index contributed by atoms with van der Waals surface area (Å²) in [4.78, 5) is 0. The SMILES string of the molecule is C=CNC=CO. The van der Waals surface area contributed by atoms with E-state index in [0.717, 1.165) is 6.26 Å². The highest BCUT2D eigenvalue weighted by molar-refractivity contribution is 4.75. The summed E-state index contributed by atoms with van der Waals surface area (Å²) in [5, 5.41) is 10.4. The van der Waals surface area contributed by atoms with Crippen LogP contribution in [0.15, 0.2) is 25.2 Å². The van der Waals surface area contributed by atoms with Gasteiger partial charge in [-0.2, -0.15) is 0 Å². The number of hydrogen-bond acceptors (Lipinski definition) is 2. The van der Waals surface area contributed by atoms with Gasteiger partial charge in [0.2, 0.25) is 0 Å². The van der Waals surface area contributed by atoms with Gasteiger partial charge in [-0.25, -0.2) is 0 Å². The highest BCUT2D eigenvalue weighted by Crippen LogP contribution is 1.54. The molecule has 0 unspecified atom stereocenters. The van der Waals surface area contributed by atoms with Crippen molar-refractivity contribution in [2.45, 2.75) is 0 Å². The normalized spacial score (nSPS) is 8.67. The van der Waals surface area contributed by atoms with E-state index in [0.29, 0.717) is 0 Å². The second-order valence-electron chi connectivity index (χ2n) is 0.687. The molecule has 0 aromatic carbocycles. The van der Waals surface area contributed by atoms with Crippen molar-refractivity contribution in [3.63, 3.8) is 0 Å². The summed E-state index contributed by atoms with van der Waals surface area (Å²) in [5.41, 5.74) is 0. The van der Waals surface area contributed by atoms with E-state index in [1.165, 1.54) is 12.4 Å². The van der Waals surface area contributed by atoms with E-state index in [1.54, 1.807) is 0 Å². The Morgan fingerprint density at radius 2 is 2.33 bits per heavy atom. The van der Waals surface area contributed by atoms with Crippen LogP contribution in [-0.2, 0) is 0 Å². The maximum Gasteiger partial charge on any atom is 0.0951 e. The molecule has 0 aromatic heterocycles. The van der Waals surface area contributed by atoms with Crippen LogP contribution in [0.5, 0.6) is 0 Å². The largest absolute Gasteiger partial charge is 0.514 e. The van der Waals surface area contributed by atoms with Gasteiger partial charge in [0, 0.05) is 6.20 Å². The zero-order valence-corrected chi connectivity index (χ0v) is 3.39. The van der Waals surface area contributed by atoms with Crippen molar-refractivity contribution in [1.82, 2.24) is 5.32 Å². The molecular weight excluding hydrogens is 78.0 g/mol. The standard InChI is InChI=1S/C4H7NO/c1-2-5-3-4-6/h2-6H,1H2. The monoisotopic (exact) mass is 85.1 g/mol. The van der Waals surface area contributed by atoms with Crippen molar-refractivity contribution < 1.29 is 5.11 Å². The highest BCUT2D eigenvalue weighted by atomic mass is 16.2. The molecule has 0 heterocycles. The van der Waals surface area contributed by atoms with Crippen LogP contribution < -0.4 is 5.32 Å². The molecule has 0 fully saturated rings. The summed E-state index contributed by atoms with van der Waals surface area (Å²) in [5.74, 6) is 0. The van der Waals surface area contributed by atoms with Gasteiger partial charge in [-0.05, 0) is 6.20 Å². The number of aliphatic hydroxyl groups excluding tert-OH is 1. The first-order valence-corrected chi connectivity index (χ1v) is 1.58. The van der Waals surface area contributed by atoms with Crippen molar-refractivity contribution in [3.8, 4) is 0 Å². The Labute approximate surface area is 36.8 Å². The minimum absolute atomic E-state index is 0.904. The summed E-state index contributed by atoms with van der Waals surface area (Å²) >= 11 is 0. The second kappa shape index (κ2) is 4.08. The number of nitrogens with one attached hydrogen (secondary N) is 1. The van der Waals surface area contributed by atoms with Crippen molar-refractivity contribution in [2.24, 2.45) is 0 Å². The molecule has 0 aliphatic carbocycles. The van der Waals surface area contributed by atoms with E-state index in [4.69, 9.17) is 5.11 Å². The van der Waals surface area contributed by atoms with Gasteiger partial charge in [0.05, 0.1) is 6.26 Å². The average Bonchev–Trinajstić information content (AvgIpc) is 1.61. The Morgan fingerprint density at radius 3 is 2.50 bits per heavy atom. The van der Waals surface area contributed by atoms with Crippen LogP contribution in [0.2, 0.25) is 0 Å². The predicted octanol–water partition coefficient (Wildman–Crippen LogP) is 0.749. The molecule has 0 saturated carbocycles. The second-order valence-corrected chi connectivity index (χ2v) is 0.687. The Morgan fingerprint density at radius 1 is 1.67 bits per heavy atom. The van der Waals surface area contributed by atoms with Crippen molar-refractivity contribution >= 4 is 0 Å². The van der Waals surface area contributed by atoms with Gasteiger partial charge in [0.25, 0.3) is 0 Å². The first kappa shape index (κ1) is 5.08. The fraction of sp³-hybridized carbons (Fsp3) is 0. The summed E-state index contributed by atoms with van der Waals surface area (Å²) in [6.45, 7) is 3.32. The minimum atomic E-state index is 0.904. The van der Waals surface area contributed by atoms with E-state index in [-0.39, 0.29) is 0 Å². The zero-order valence-electron chi connectivity index (χ0n) is 3.39. The van der Waals surface area contributed by atoms with Crippen LogP contribution in [0.4, 0.5) is 0 Å². The quantitative estimate of drug-likeness (QED) is 0.485. The molecule has 34 valence electrons.